The minimum absolute atomic E-state index is 0.197. The van der Waals surface area contributed by atoms with Crippen LogP contribution in [0, 0.1) is 0 Å². The van der Waals surface area contributed by atoms with Crippen molar-refractivity contribution < 1.29 is 4.79 Å². The van der Waals surface area contributed by atoms with Crippen LogP contribution >= 0.6 is 0 Å². The summed E-state index contributed by atoms with van der Waals surface area (Å²) in [5.74, 6) is 0.197. The Morgan fingerprint density at radius 1 is 1.36 bits per heavy atom. The van der Waals surface area contributed by atoms with Gasteiger partial charge in [-0.05, 0) is 43.9 Å². The topological polar surface area (TPSA) is 30.0 Å². The van der Waals surface area contributed by atoms with E-state index in [1.165, 1.54) is 0 Å². The van der Waals surface area contributed by atoms with Gasteiger partial charge in [0, 0.05) is 11.8 Å². The summed E-state index contributed by atoms with van der Waals surface area (Å²) in [5.41, 5.74) is 3.09. The Labute approximate surface area is 83.7 Å². The van der Waals surface area contributed by atoms with E-state index in [1.54, 1.807) is 13.1 Å². The summed E-state index contributed by atoms with van der Waals surface area (Å²) in [4.78, 5) is 15.6. The Morgan fingerprint density at radius 2 is 2.21 bits per heavy atom. The maximum Gasteiger partial charge on any atom is 0.156 e. The van der Waals surface area contributed by atoms with Crippen LogP contribution in [0.25, 0.3) is 5.57 Å². The molecule has 0 bridgehead atoms. The standard InChI is InChI=1S/C12H13NO/c1-9(14)10-5-4-6-11(10)12-7-2-3-8-13-12/h2-3,7-8H,4-6H2,1H3. The Balaban J connectivity index is 2.43. The summed E-state index contributed by atoms with van der Waals surface area (Å²) in [7, 11) is 0. The van der Waals surface area contributed by atoms with Gasteiger partial charge in [0.05, 0.1) is 5.69 Å². The van der Waals surface area contributed by atoms with E-state index in [-0.39, 0.29) is 5.78 Å². The summed E-state index contributed by atoms with van der Waals surface area (Å²) in [5, 5.41) is 0. The monoisotopic (exact) mass is 187 g/mol. The maximum absolute atomic E-state index is 11.3. The van der Waals surface area contributed by atoms with Crippen molar-refractivity contribution in [3.8, 4) is 0 Å². The number of hydrogen-bond acceptors (Lipinski definition) is 2. The summed E-state index contributed by atoms with van der Waals surface area (Å²) >= 11 is 0. The lowest BCUT2D eigenvalue weighted by molar-refractivity contribution is -0.113. The number of carbonyl (C=O) groups excluding carboxylic acids is 1. The molecule has 0 N–H and O–H groups in total. The minimum Gasteiger partial charge on any atom is -0.295 e. The zero-order valence-corrected chi connectivity index (χ0v) is 8.29. The van der Waals surface area contributed by atoms with E-state index in [1.807, 2.05) is 18.2 Å². The predicted octanol–water partition coefficient (Wildman–Crippen LogP) is 2.61. The first-order valence-electron chi connectivity index (χ1n) is 4.93. The van der Waals surface area contributed by atoms with Gasteiger partial charge in [-0.25, -0.2) is 0 Å². The number of pyridine rings is 1. The largest absolute Gasteiger partial charge is 0.295 e. The number of aromatic nitrogens is 1. The average molecular weight is 187 g/mol. The number of hydrogen-bond donors (Lipinski definition) is 0. The van der Waals surface area contributed by atoms with Gasteiger partial charge in [-0.2, -0.15) is 0 Å². The van der Waals surface area contributed by atoms with Gasteiger partial charge < -0.3 is 0 Å². The molecular formula is C12H13NO. The van der Waals surface area contributed by atoms with Crippen LogP contribution in [-0.4, -0.2) is 10.8 Å². The molecule has 0 saturated carbocycles. The molecule has 1 aliphatic carbocycles. The molecule has 1 heterocycles. The molecule has 0 aliphatic heterocycles. The molecule has 2 heteroatoms. The fourth-order valence-corrected chi connectivity index (χ4v) is 1.96. The summed E-state index contributed by atoms with van der Waals surface area (Å²) < 4.78 is 0. The highest BCUT2D eigenvalue weighted by atomic mass is 16.1. The number of rotatable bonds is 2. The fraction of sp³-hybridized carbons (Fsp3) is 0.333. The third-order valence-electron chi connectivity index (χ3n) is 2.62. The molecule has 0 unspecified atom stereocenters. The Bertz CT molecular complexity index is 379. The van der Waals surface area contributed by atoms with E-state index >= 15 is 0 Å². The van der Waals surface area contributed by atoms with Crippen molar-refractivity contribution >= 4 is 11.4 Å². The molecule has 0 fully saturated rings. The molecule has 0 amide bonds. The molecule has 0 spiro atoms. The van der Waals surface area contributed by atoms with Crippen LogP contribution in [0.3, 0.4) is 0 Å². The third kappa shape index (κ3) is 1.60. The lowest BCUT2D eigenvalue weighted by atomic mass is 10.0. The van der Waals surface area contributed by atoms with Gasteiger partial charge in [0.15, 0.2) is 5.78 Å². The third-order valence-corrected chi connectivity index (χ3v) is 2.62. The Kier molecular flexibility index (Phi) is 2.44. The van der Waals surface area contributed by atoms with Crippen molar-refractivity contribution in [2.24, 2.45) is 0 Å². The first-order valence-corrected chi connectivity index (χ1v) is 4.93. The van der Waals surface area contributed by atoms with Crippen LogP contribution in [0.15, 0.2) is 30.0 Å². The van der Waals surface area contributed by atoms with E-state index in [0.29, 0.717) is 0 Å². The molecule has 2 nitrogen and oxygen atoms in total. The van der Waals surface area contributed by atoms with Crippen LogP contribution in [0.4, 0.5) is 0 Å². The van der Waals surface area contributed by atoms with Crippen molar-refractivity contribution in [1.82, 2.24) is 4.98 Å². The van der Waals surface area contributed by atoms with Crippen LogP contribution in [0.1, 0.15) is 31.9 Å². The number of allylic oxidation sites excluding steroid dienone is 2. The van der Waals surface area contributed by atoms with E-state index in [0.717, 1.165) is 36.1 Å². The Morgan fingerprint density at radius 3 is 2.86 bits per heavy atom. The average Bonchev–Trinajstić information content (AvgIpc) is 2.67. The summed E-state index contributed by atoms with van der Waals surface area (Å²) in [6.45, 7) is 1.64. The molecule has 0 aromatic carbocycles. The molecule has 14 heavy (non-hydrogen) atoms. The zero-order chi connectivity index (χ0) is 9.97. The van der Waals surface area contributed by atoms with Crippen molar-refractivity contribution in [3.63, 3.8) is 0 Å². The number of nitrogens with zero attached hydrogens (tertiary/aromatic N) is 1. The lowest BCUT2D eigenvalue weighted by Crippen LogP contribution is -1.96. The number of ketones is 1. The van der Waals surface area contributed by atoms with Gasteiger partial charge in [0.1, 0.15) is 0 Å². The molecule has 72 valence electrons. The second kappa shape index (κ2) is 3.74. The Hall–Kier alpha value is -1.44. The maximum atomic E-state index is 11.3. The van der Waals surface area contributed by atoms with Crippen molar-refractivity contribution in [1.29, 1.82) is 0 Å². The van der Waals surface area contributed by atoms with E-state index < -0.39 is 0 Å². The van der Waals surface area contributed by atoms with Crippen LogP contribution in [0.2, 0.25) is 0 Å². The van der Waals surface area contributed by atoms with Crippen molar-refractivity contribution in [2.45, 2.75) is 26.2 Å². The molecule has 0 saturated heterocycles. The highest BCUT2D eigenvalue weighted by Crippen LogP contribution is 2.32. The summed E-state index contributed by atoms with van der Waals surface area (Å²) in [6, 6.07) is 5.83. The second-order valence-corrected chi connectivity index (χ2v) is 3.58. The van der Waals surface area contributed by atoms with Gasteiger partial charge in [-0.1, -0.05) is 6.07 Å². The van der Waals surface area contributed by atoms with E-state index in [2.05, 4.69) is 4.98 Å². The van der Waals surface area contributed by atoms with Gasteiger partial charge in [-0.3, -0.25) is 9.78 Å². The predicted molar refractivity (Wildman–Crippen MR) is 55.7 cm³/mol. The first kappa shape index (κ1) is 9.13. The number of Topliss-reactive ketones (excluding diaryl/α,β-unsaturated/α-hetero) is 1. The van der Waals surface area contributed by atoms with Gasteiger partial charge in [0.25, 0.3) is 0 Å². The highest BCUT2D eigenvalue weighted by Gasteiger charge is 2.19. The molecular weight excluding hydrogens is 174 g/mol. The molecule has 1 aromatic heterocycles. The quantitative estimate of drug-likeness (QED) is 0.712. The molecule has 0 radical (unpaired) electrons. The van der Waals surface area contributed by atoms with E-state index in [4.69, 9.17) is 0 Å². The van der Waals surface area contributed by atoms with Crippen molar-refractivity contribution in [3.05, 3.63) is 35.7 Å². The lowest BCUT2D eigenvalue weighted by Gasteiger charge is -2.03. The van der Waals surface area contributed by atoms with Gasteiger partial charge in [-0.15, -0.1) is 0 Å². The minimum atomic E-state index is 0.197. The summed E-state index contributed by atoms with van der Waals surface area (Å²) in [6.07, 6.45) is 4.77. The second-order valence-electron chi connectivity index (χ2n) is 3.58. The number of carbonyl (C=O) groups is 1. The molecule has 0 atom stereocenters. The zero-order valence-electron chi connectivity index (χ0n) is 8.29. The molecule has 2 rings (SSSR count). The van der Waals surface area contributed by atoms with E-state index in [9.17, 15) is 4.79 Å². The SMILES string of the molecule is CC(=O)C1=C(c2ccccn2)CCC1. The molecule has 1 aliphatic rings. The van der Waals surface area contributed by atoms with Crippen LogP contribution < -0.4 is 0 Å². The van der Waals surface area contributed by atoms with Gasteiger partial charge in [0.2, 0.25) is 0 Å². The fourth-order valence-electron chi connectivity index (χ4n) is 1.96. The smallest absolute Gasteiger partial charge is 0.156 e. The van der Waals surface area contributed by atoms with Gasteiger partial charge >= 0.3 is 0 Å². The highest BCUT2D eigenvalue weighted by molar-refractivity contribution is 6.01. The molecule has 1 aromatic rings. The van der Waals surface area contributed by atoms with Crippen LogP contribution in [-0.2, 0) is 4.79 Å². The normalized spacial score (nSPS) is 16.1. The van der Waals surface area contributed by atoms with Crippen LogP contribution in [0.5, 0.6) is 0 Å². The van der Waals surface area contributed by atoms with Crippen molar-refractivity contribution in [2.75, 3.05) is 0 Å². The first-order chi connectivity index (χ1) is 6.79.